The minimum Gasteiger partial charge on any atom is -0.399 e. The number of carbonyl (C=O) groups is 1. The van der Waals surface area contributed by atoms with Crippen molar-refractivity contribution in [2.24, 2.45) is 0 Å². The molecule has 1 rings (SSSR count). The summed E-state index contributed by atoms with van der Waals surface area (Å²) >= 11 is 0. The van der Waals surface area contributed by atoms with E-state index in [9.17, 15) is 14.9 Å². The number of nitrogens with two attached hydrogens (primary N) is 1. The average Bonchev–Trinajstić information content (AvgIpc) is 2.35. The molecule has 0 aliphatic rings. The molecular formula is C15H23N3O4. The molecule has 0 heterocycles. The van der Waals surface area contributed by atoms with Gasteiger partial charge in [0.05, 0.1) is 22.7 Å². The lowest BCUT2D eigenvalue weighted by Gasteiger charge is -2.30. The van der Waals surface area contributed by atoms with E-state index in [2.05, 4.69) is 5.32 Å². The van der Waals surface area contributed by atoms with Crippen LogP contribution in [0.2, 0.25) is 0 Å². The first-order valence-corrected chi connectivity index (χ1v) is 6.92. The van der Waals surface area contributed by atoms with Crippen molar-refractivity contribution in [3.05, 3.63) is 33.9 Å². The van der Waals surface area contributed by atoms with Crippen molar-refractivity contribution in [1.82, 2.24) is 5.32 Å². The highest BCUT2D eigenvalue weighted by Gasteiger charge is 2.28. The third kappa shape index (κ3) is 5.33. The fraction of sp³-hybridized carbons (Fsp3) is 0.533. The van der Waals surface area contributed by atoms with Crippen LogP contribution in [0.5, 0.6) is 0 Å². The van der Waals surface area contributed by atoms with Gasteiger partial charge in [-0.05, 0) is 46.8 Å². The first-order chi connectivity index (χ1) is 9.91. The zero-order chi connectivity index (χ0) is 17.1. The zero-order valence-corrected chi connectivity index (χ0v) is 13.6. The van der Waals surface area contributed by atoms with Gasteiger partial charge in [-0.2, -0.15) is 0 Å². The quantitative estimate of drug-likeness (QED) is 0.493. The van der Waals surface area contributed by atoms with Gasteiger partial charge >= 0.3 is 0 Å². The van der Waals surface area contributed by atoms with Crippen molar-refractivity contribution in [2.75, 3.05) is 12.3 Å². The zero-order valence-electron chi connectivity index (χ0n) is 13.6. The molecule has 0 aliphatic carbocycles. The Morgan fingerprint density at radius 3 is 2.41 bits per heavy atom. The van der Waals surface area contributed by atoms with Gasteiger partial charge in [0.1, 0.15) is 5.56 Å². The van der Waals surface area contributed by atoms with Gasteiger partial charge in [0.2, 0.25) is 0 Å². The number of anilines is 1. The van der Waals surface area contributed by atoms with Crippen LogP contribution >= 0.6 is 0 Å². The number of hydrogen-bond acceptors (Lipinski definition) is 5. The van der Waals surface area contributed by atoms with E-state index in [4.69, 9.17) is 10.5 Å². The maximum absolute atomic E-state index is 12.3. The van der Waals surface area contributed by atoms with Crippen LogP contribution in [0.1, 0.15) is 45.0 Å². The number of ether oxygens (including phenoxy) is 1. The Morgan fingerprint density at radius 1 is 1.32 bits per heavy atom. The molecule has 1 aromatic rings. The number of nitrogen functional groups attached to an aromatic ring is 1. The van der Waals surface area contributed by atoms with E-state index >= 15 is 0 Å². The van der Waals surface area contributed by atoms with Crippen molar-refractivity contribution >= 4 is 17.3 Å². The van der Waals surface area contributed by atoms with E-state index in [1.54, 1.807) is 13.8 Å². The summed E-state index contributed by atoms with van der Waals surface area (Å²) in [7, 11) is 0. The normalized spacial score (nSPS) is 12.0. The summed E-state index contributed by atoms with van der Waals surface area (Å²) in [6.07, 6.45) is 0. The Bertz CT molecular complexity index is 577. The van der Waals surface area contributed by atoms with Gasteiger partial charge < -0.3 is 15.8 Å². The van der Waals surface area contributed by atoms with Crippen LogP contribution in [0, 0.1) is 10.1 Å². The molecule has 0 saturated carbocycles. The Labute approximate surface area is 130 Å². The third-order valence-corrected chi connectivity index (χ3v) is 2.78. The number of hydrogen-bond donors (Lipinski definition) is 2. The monoisotopic (exact) mass is 309 g/mol. The maximum Gasteiger partial charge on any atom is 0.282 e. The molecule has 0 unspecified atom stereocenters. The molecule has 0 atom stereocenters. The number of rotatable bonds is 5. The molecule has 0 fully saturated rings. The Hall–Kier alpha value is -2.15. The Morgan fingerprint density at radius 2 is 1.91 bits per heavy atom. The predicted octanol–water partition coefficient (Wildman–Crippen LogP) is 2.50. The van der Waals surface area contributed by atoms with E-state index in [0.29, 0.717) is 5.69 Å². The van der Waals surface area contributed by atoms with E-state index in [0.717, 1.165) is 0 Å². The van der Waals surface area contributed by atoms with E-state index in [-0.39, 0.29) is 23.5 Å². The number of amides is 1. The van der Waals surface area contributed by atoms with Crippen LogP contribution in [-0.4, -0.2) is 28.6 Å². The van der Waals surface area contributed by atoms with E-state index in [1.165, 1.54) is 18.2 Å². The highest BCUT2D eigenvalue weighted by molar-refractivity contribution is 5.99. The van der Waals surface area contributed by atoms with Crippen molar-refractivity contribution in [2.45, 2.75) is 45.8 Å². The highest BCUT2D eigenvalue weighted by atomic mass is 16.6. The van der Waals surface area contributed by atoms with Crippen molar-refractivity contribution in [3.63, 3.8) is 0 Å². The summed E-state index contributed by atoms with van der Waals surface area (Å²) in [5.74, 6) is -0.554. The minimum atomic E-state index is -0.678. The van der Waals surface area contributed by atoms with Gasteiger partial charge in [-0.3, -0.25) is 14.9 Å². The van der Waals surface area contributed by atoms with Crippen molar-refractivity contribution in [1.29, 1.82) is 0 Å². The molecule has 0 radical (unpaired) electrons. The molecule has 0 spiro atoms. The largest absolute Gasteiger partial charge is 0.399 e. The predicted molar refractivity (Wildman–Crippen MR) is 84.8 cm³/mol. The van der Waals surface area contributed by atoms with Crippen LogP contribution in [0.25, 0.3) is 0 Å². The molecule has 0 aliphatic heterocycles. The third-order valence-electron chi connectivity index (χ3n) is 2.78. The maximum atomic E-state index is 12.3. The van der Waals surface area contributed by atoms with Crippen LogP contribution in [-0.2, 0) is 4.74 Å². The molecule has 122 valence electrons. The molecule has 22 heavy (non-hydrogen) atoms. The summed E-state index contributed by atoms with van der Waals surface area (Å²) in [6.45, 7) is 9.58. The lowest BCUT2D eigenvalue weighted by molar-refractivity contribution is -0.385. The number of nitrogens with one attached hydrogen (secondary N) is 1. The van der Waals surface area contributed by atoms with Gasteiger partial charge in [-0.25, -0.2) is 0 Å². The molecule has 3 N–H and O–H groups in total. The fourth-order valence-electron chi connectivity index (χ4n) is 1.70. The second kappa shape index (κ2) is 6.31. The van der Waals surface area contributed by atoms with Gasteiger partial charge in [0.15, 0.2) is 0 Å². The first-order valence-electron chi connectivity index (χ1n) is 6.92. The second-order valence-electron chi connectivity index (χ2n) is 6.77. The average molecular weight is 309 g/mol. The molecule has 0 bridgehead atoms. The van der Waals surface area contributed by atoms with Gasteiger partial charge in [0, 0.05) is 11.8 Å². The molecule has 7 nitrogen and oxygen atoms in total. The summed E-state index contributed by atoms with van der Waals surface area (Å²) < 4.78 is 5.66. The van der Waals surface area contributed by atoms with Gasteiger partial charge in [0.25, 0.3) is 11.6 Å². The lowest BCUT2D eigenvalue weighted by atomic mass is 10.0. The lowest BCUT2D eigenvalue weighted by Crippen LogP contribution is -2.48. The Kier molecular flexibility index (Phi) is 5.13. The second-order valence-corrected chi connectivity index (χ2v) is 6.77. The molecule has 1 amide bonds. The standard InChI is InChI=1S/C15H23N3O4/c1-14(2,3)22-9-15(4,5)17-13(19)11-8-10(16)6-7-12(11)18(20)21/h6-8H,9,16H2,1-5H3,(H,17,19). The summed E-state index contributed by atoms with van der Waals surface area (Å²) in [6, 6.07) is 3.92. The molecule has 7 heteroatoms. The number of nitrogens with zero attached hydrogens (tertiary/aromatic N) is 1. The summed E-state index contributed by atoms with van der Waals surface area (Å²) in [4.78, 5) is 22.8. The van der Waals surface area contributed by atoms with Crippen LogP contribution in [0.15, 0.2) is 18.2 Å². The smallest absolute Gasteiger partial charge is 0.282 e. The number of carbonyl (C=O) groups excluding carboxylic acids is 1. The Balaban J connectivity index is 2.93. The van der Waals surface area contributed by atoms with Crippen LogP contribution in [0.4, 0.5) is 11.4 Å². The molecule has 1 aromatic carbocycles. The summed E-state index contributed by atoms with van der Waals surface area (Å²) in [5.41, 5.74) is 4.55. The molecular weight excluding hydrogens is 286 g/mol. The van der Waals surface area contributed by atoms with Crippen LogP contribution < -0.4 is 11.1 Å². The highest BCUT2D eigenvalue weighted by Crippen LogP contribution is 2.22. The first kappa shape index (κ1) is 17.9. The van der Waals surface area contributed by atoms with E-state index in [1.807, 2.05) is 20.8 Å². The minimum absolute atomic E-state index is 0.0613. The number of benzene rings is 1. The fourth-order valence-corrected chi connectivity index (χ4v) is 1.70. The number of nitro benzene ring substituents is 1. The molecule has 0 saturated heterocycles. The SMILES string of the molecule is CC(C)(COC(C)(C)C)NC(=O)c1cc(N)ccc1[N+](=O)[O-]. The number of nitro groups is 1. The molecule has 0 aromatic heterocycles. The van der Waals surface area contributed by atoms with Crippen molar-refractivity contribution < 1.29 is 14.5 Å². The van der Waals surface area contributed by atoms with Crippen molar-refractivity contribution in [3.8, 4) is 0 Å². The topological polar surface area (TPSA) is 107 Å². The van der Waals surface area contributed by atoms with Crippen LogP contribution in [0.3, 0.4) is 0 Å². The van der Waals surface area contributed by atoms with Gasteiger partial charge in [-0.15, -0.1) is 0 Å². The van der Waals surface area contributed by atoms with E-state index < -0.39 is 16.4 Å². The van der Waals surface area contributed by atoms with Gasteiger partial charge in [-0.1, -0.05) is 0 Å². The summed E-state index contributed by atoms with van der Waals surface area (Å²) in [5, 5.41) is 13.8.